The Bertz CT molecular complexity index is 215. The van der Waals surface area contributed by atoms with Gasteiger partial charge in [-0.05, 0) is 18.9 Å². The second kappa shape index (κ2) is 12.0. The van der Waals surface area contributed by atoms with Gasteiger partial charge in [0.2, 0.25) is 0 Å². The summed E-state index contributed by atoms with van der Waals surface area (Å²) in [6.07, 6.45) is 13.5. The highest BCUT2D eigenvalue weighted by Crippen LogP contribution is 1.99. The molecule has 0 saturated heterocycles. The van der Waals surface area contributed by atoms with Crippen LogP contribution in [0.3, 0.4) is 0 Å². The molecule has 0 spiro atoms. The monoisotopic (exact) mass is 192 g/mol. The molecule has 0 unspecified atom stereocenters. The zero-order valence-electron chi connectivity index (χ0n) is 9.00. The molecule has 0 atom stereocenters. The number of hydrogen-bond donors (Lipinski definition) is 1. The van der Waals surface area contributed by atoms with Crippen molar-refractivity contribution in [1.29, 1.82) is 0 Å². The molecule has 14 heavy (non-hydrogen) atoms. The van der Waals surface area contributed by atoms with E-state index in [-0.39, 0.29) is 6.61 Å². The van der Waals surface area contributed by atoms with Gasteiger partial charge in [-0.2, -0.15) is 0 Å². The van der Waals surface area contributed by atoms with E-state index in [1.165, 1.54) is 25.7 Å². The third-order valence-electron chi connectivity index (χ3n) is 1.77. The lowest BCUT2D eigenvalue weighted by Gasteiger charge is -1.89. The Labute approximate surface area is 87.5 Å². The highest BCUT2D eigenvalue weighted by molar-refractivity contribution is 5.16. The minimum absolute atomic E-state index is 0.0710. The van der Waals surface area contributed by atoms with E-state index in [2.05, 4.69) is 30.9 Å². The van der Waals surface area contributed by atoms with E-state index in [1.54, 1.807) is 12.2 Å². The molecule has 0 aliphatic carbocycles. The van der Waals surface area contributed by atoms with E-state index >= 15 is 0 Å². The number of aliphatic hydroxyl groups excluding tert-OH is 1. The fourth-order valence-corrected chi connectivity index (χ4v) is 1.00. The maximum atomic E-state index is 8.42. The number of hydrogen-bond acceptors (Lipinski definition) is 1. The summed E-state index contributed by atoms with van der Waals surface area (Å²) in [7, 11) is 0. The normalized spacial score (nSPS) is 10.7. The van der Waals surface area contributed by atoms with Crippen LogP contribution in [0.5, 0.6) is 0 Å². The number of unbranched alkanes of at least 4 members (excludes halogenated alkanes) is 3. The Morgan fingerprint density at radius 2 is 2.00 bits per heavy atom. The molecule has 0 aliphatic rings. The standard InChI is InChI=1S/C13H20O/c1-2-3-4-5-6-7-8-9-10-11-12-13-14/h6-7,11-12,14H,2-5,8,13H2,1H3/b7-6+,12-11+. The third-order valence-corrected chi connectivity index (χ3v) is 1.77. The van der Waals surface area contributed by atoms with Crippen molar-refractivity contribution < 1.29 is 5.11 Å². The molecule has 0 saturated carbocycles. The van der Waals surface area contributed by atoms with Gasteiger partial charge >= 0.3 is 0 Å². The van der Waals surface area contributed by atoms with E-state index in [0.717, 1.165) is 6.42 Å². The average molecular weight is 192 g/mol. The third kappa shape index (κ3) is 11.0. The van der Waals surface area contributed by atoms with Crippen molar-refractivity contribution >= 4 is 0 Å². The molecular weight excluding hydrogens is 172 g/mol. The fourth-order valence-electron chi connectivity index (χ4n) is 1.00. The zero-order valence-corrected chi connectivity index (χ0v) is 9.00. The van der Waals surface area contributed by atoms with E-state index < -0.39 is 0 Å². The first kappa shape index (κ1) is 13.0. The summed E-state index contributed by atoms with van der Waals surface area (Å²) >= 11 is 0. The van der Waals surface area contributed by atoms with E-state index in [0.29, 0.717) is 0 Å². The Morgan fingerprint density at radius 3 is 2.71 bits per heavy atom. The first-order valence-electron chi connectivity index (χ1n) is 5.31. The molecule has 0 aromatic heterocycles. The molecule has 0 aromatic rings. The van der Waals surface area contributed by atoms with Crippen molar-refractivity contribution in [2.75, 3.05) is 6.61 Å². The van der Waals surface area contributed by atoms with Gasteiger partial charge in [0.25, 0.3) is 0 Å². The number of allylic oxidation sites excluding steroid dienone is 3. The maximum absolute atomic E-state index is 8.42. The highest BCUT2D eigenvalue weighted by atomic mass is 16.2. The molecule has 0 radical (unpaired) electrons. The molecule has 0 amide bonds. The molecule has 0 rings (SSSR count). The van der Waals surface area contributed by atoms with Crippen molar-refractivity contribution in [2.24, 2.45) is 0 Å². The van der Waals surface area contributed by atoms with Gasteiger partial charge in [-0.15, -0.1) is 0 Å². The molecule has 0 bridgehead atoms. The first-order chi connectivity index (χ1) is 6.91. The Morgan fingerprint density at radius 1 is 1.14 bits per heavy atom. The second-order valence-corrected chi connectivity index (χ2v) is 3.08. The predicted molar refractivity (Wildman–Crippen MR) is 61.9 cm³/mol. The molecule has 0 heterocycles. The van der Waals surface area contributed by atoms with Crippen molar-refractivity contribution in [3.63, 3.8) is 0 Å². The minimum Gasteiger partial charge on any atom is -0.392 e. The smallest absolute Gasteiger partial charge is 0.0621 e. The molecule has 78 valence electrons. The van der Waals surface area contributed by atoms with Crippen LogP contribution >= 0.6 is 0 Å². The summed E-state index contributed by atoms with van der Waals surface area (Å²) in [6, 6.07) is 0. The van der Waals surface area contributed by atoms with Crippen LogP contribution in [0.25, 0.3) is 0 Å². The molecule has 1 N–H and O–H groups in total. The van der Waals surface area contributed by atoms with Crippen LogP contribution in [-0.2, 0) is 0 Å². The highest BCUT2D eigenvalue weighted by Gasteiger charge is 1.80. The van der Waals surface area contributed by atoms with Gasteiger partial charge in [-0.25, -0.2) is 0 Å². The lowest BCUT2D eigenvalue weighted by molar-refractivity contribution is 0.343. The second-order valence-electron chi connectivity index (χ2n) is 3.08. The van der Waals surface area contributed by atoms with Gasteiger partial charge in [-0.1, -0.05) is 49.8 Å². The van der Waals surface area contributed by atoms with Crippen LogP contribution in [-0.4, -0.2) is 11.7 Å². The lowest BCUT2D eigenvalue weighted by Crippen LogP contribution is -1.70. The van der Waals surface area contributed by atoms with Crippen molar-refractivity contribution in [1.82, 2.24) is 0 Å². The molecule has 0 fully saturated rings. The first-order valence-corrected chi connectivity index (χ1v) is 5.31. The molecule has 0 aromatic carbocycles. The molecule has 1 nitrogen and oxygen atoms in total. The summed E-state index contributed by atoms with van der Waals surface area (Å²) in [6.45, 7) is 2.28. The van der Waals surface area contributed by atoms with Crippen molar-refractivity contribution in [3.8, 4) is 11.8 Å². The summed E-state index contributed by atoms with van der Waals surface area (Å²) in [4.78, 5) is 0. The summed E-state index contributed by atoms with van der Waals surface area (Å²) in [5, 5.41) is 8.42. The maximum Gasteiger partial charge on any atom is 0.0621 e. The molecular formula is C13H20O. The zero-order chi connectivity index (χ0) is 10.5. The predicted octanol–water partition coefficient (Wildman–Crippen LogP) is 3.06. The Kier molecular flexibility index (Phi) is 11.1. The van der Waals surface area contributed by atoms with Gasteiger partial charge in [0.05, 0.1) is 6.61 Å². The minimum atomic E-state index is 0.0710. The summed E-state index contributed by atoms with van der Waals surface area (Å²) in [5.74, 6) is 5.82. The van der Waals surface area contributed by atoms with E-state index in [4.69, 9.17) is 5.11 Å². The SMILES string of the molecule is CCCCC/C=C/CC#C/C=C/CO. The summed E-state index contributed by atoms with van der Waals surface area (Å²) < 4.78 is 0. The van der Waals surface area contributed by atoms with E-state index in [9.17, 15) is 0 Å². The van der Waals surface area contributed by atoms with Gasteiger partial charge in [0, 0.05) is 6.42 Å². The van der Waals surface area contributed by atoms with Crippen LogP contribution in [0, 0.1) is 11.8 Å². The summed E-state index contributed by atoms with van der Waals surface area (Å²) in [5.41, 5.74) is 0. The van der Waals surface area contributed by atoms with Gasteiger partial charge in [-0.3, -0.25) is 0 Å². The van der Waals surface area contributed by atoms with Crippen LogP contribution in [0.2, 0.25) is 0 Å². The van der Waals surface area contributed by atoms with E-state index in [1.807, 2.05) is 0 Å². The molecule has 1 heteroatoms. The lowest BCUT2D eigenvalue weighted by atomic mass is 10.2. The van der Waals surface area contributed by atoms with Gasteiger partial charge in [0.15, 0.2) is 0 Å². The number of rotatable bonds is 6. The largest absolute Gasteiger partial charge is 0.392 e. The van der Waals surface area contributed by atoms with Crippen LogP contribution in [0.1, 0.15) is 39.0 Å². The fraction of sp³-hybridized carbons (Fsp3) is 0.538. The Balaban J connectivity index is 3.32. The van der Waals surface area contributed by atoms with Gasteiger partial charge in [0.1, 0.15) is 0 Å². The number of aliphatic hydroxyl groups is 1. The topological polar surface area (TPSA) is 20.2 Å². The van der Waals surface area contributed by atoms with Crippen LogP contribution in [0.15, 0.2) is 24.3 Å². The van der Waals surface area contributed by atoms with Crippen molar-refractivity contribution in [3.05, 3.63) is 24.3 Å². The van der Waals surface area contributed by atoms with Crippen LogP contribution in [0.4, 0.5) is 0 Å². The molecule has 0 aliphatic heterocycles. The Hall–Kier alpha value is -1.00. The quantitative estimate of drug-likeness (QED) is 0.389. The van der Waals surface area contributed by atoms with Crippen LogP contribution < -0.4 is 0 Å². The average Bonchev–Trinajstić information content (AvgIpc) is 2.21. The van der Waals surface area contributed by atoms with Crippen molar-refractivity contribution in [2.45, 2.75) is 39.0 Å². The van der Waals surface area contributed by atoms with Gasteiger partial charge < -0.3 is 5.11 Å².